The van der Waals surface area contributed by atoms with Gasteiger partial charge in [-0.15, -0.1) is 0 Å². The number of hydrogen-bond acceptors (Lipinski definition) is 2. The Morgan fingerprint density at radius 1 is 1.18 bits per heavy atom. The standard InChI is InChI=1S/C15H25NS/c1-3-12-17-13-15(16-4-2)11-10-14-8-6-5-7-9-14/h5-9,15-16H,3-4,10-13H2,1-2H3. The Morgan fingerprint density at radius 3 is 2.59 bits per heavy atom. The molecule has 1 nitrogen and oxygen atoms in total. The third-order valence-corrected chi connectivity index (χ3v) is 4.12. The molecule has 0 aliphatic carbocycles. The van der Waals surface area contributed by atoms with Crippen LogP contribution in [-0.2, 0) is 6.42 Å². The van der Waals surface area contributed by atoms with Gasteiger partial charge in [0.15, 0.2) is 0 Å². The van der Waals surface area contributed by atoms with Gasteiger partial charge in [-0.1, -0.05) is 44.2 Å². The van der Waals surface area contributed by atoms with Crippen molar-refractivity contribution >= 4 is 11.8 Å². The molecular weight excluding hydrogens is 226 g/mol. The van der Waals surface area contributed by atoms with Crippen LogP contribution in [0.15, 0.2) is 30.3 Å². The van der Waals surface area contributed by atoms with Crippen LogP contribution >= 0.6 is 11.8 Å². The van der Waals surface area contributed by atoms with Crippen molar-refractivity contribution in [1.82, 2.24) is 5.32 Å². The quantitative estimate of drug-likeness (QED) is 0.671. The smallest absolute Gasteiger partial charge is 0.0161 e. The number of nitrogens with one attached hydrogen (secondary N) is 1. The SMILES string of the molecule is CCCSCC(CCc1ccccc1)NCC. The van der Waals surface area contributed by atoms with Crippen LogP contribution in [0, 0.1) is 0 Å². The fraction of sp³-hybridized carbons (Fsp3) is 0.600. The molecule has 96 valence electrons. The van der Waals surface area contributed by atoms with Gasteiger partial charge in [0, 0.05) is 11.8 Å². The zero-order valence-electron chi connectivity index (χ0n) is 11.1. The first-order valence-corrected chi connectivity index (χ1v) is 7.87. The van der Waals surface area contributed by atoms with E-state index in [4.69, 9.17) is 0 Å². The van der Waals surface area contributed by atoms with Crippen LogP contribution in [0.5, 0.6) is 0 Å². The van der Waals surface area contributed by atoms with Gasteiger partial charge in [0.05, 0.1) is 0 Å². The van der Waals surface area contributed by atoms with Crippen LogP contribution in [0.1, 0.15) is 32.3 Å². The molecule has 1 unspecified atom stereocenters. The van der Waals surface area contributed by atoms with Crippen LogP contribution < -0.4 is 5.32 Å². The average molecular weight is 251 g/mol. The molecule has 1 aromatic carbocycles. The second kappa shape index (κ2) is 9.55. The normalized spacial score (nSPS) is 12.6. The number of aryl methyl sites for hydroxylation is 1. The second-order valence-electron chi connectivity index (χ2n) is 4.35. The lowest BCUT2D eigenvalue weighted by Crippen LogP contribution is -2.31. The molecule has 1 atom stereocenters. The Bertz CT molecular complexity index is 274. The minimum absolute atomic E-state index is 0.664. The zero-order chi connectivity index (χ0) is 12.3. The number of hydrogen-bond donors (Lipinski definition) is 1. The molecule has 17 heavy (non-hydrogen) atoms. The lowest BCUT2D eigenvalue weighted by Gasteiger charge is -2.17. The molecule has 0 aliphatic rings. The largest absolute Gasteiger partial charge is 0.313 e. The van der Waals surface area contributed by atoms with Crippen molar-refractivity contribution in [2.75, 3.05) is 18.1 Å². The van der Waals surface area contributed by atoms with E-state index < -0.39 is 0 Å². The highest BCUT2D eigenvalue weighted by molar-refractivity contribution is 7.99. The van der Waals surface area contributed by atoms with Crippen molar-refractivity contribution in [1.29, 1.82) is 0 Å². The summed E-state index contributed by atoms with van der Waals surface area (Å²) in [5, 5.41) is 3.59. The molecule has 0 saturated carbocycles. The Kier molecular flexibility index (Phi) is 8.20. The van der Waals surface area contributed by atoms with E-state index >= 15 is 0 Å². The lowest BCUT2D eigenvalue weighted by atomic mass is 10.1. The predicted molar refractivity (Wildman–Crippen MR) is 79.8 cm³/mol. The number of rotatable bonds is 9. The van der Waals surface area contributed by atoms with Crippen molar-refractivity contribution < 1.29 is 0 Å². The molecule has 0 fully saturated rings. The first-order valence-electron chi connectivity index (χ1n) is 6.71. The van der Waals surface area contributed by atoms with Crippen LogP contribution in [0.25, 0.3) is 0 Å². The monoisotopic (exact) mass is 251 g/mol. The Hall–Kier alpha value is -0.470. The fourth-order valence-electron chi connectivity index (χ4n) is 1.89. The van der Waals surface area contributed by atoms with Gasteiger partial charge < -0.3 is 5.32 Å². The van der Waals surface area contributed by atoms with Gasteiger partial charge in [-0.25, -0.2) is 0 Å². The molecule has 0 bridgehead atoms. The van der Waals surface area contributed by atoms with Crippen molar-refractivity contribution in [3.63, 3.8) is 0 Å². The van der Waals surface area contributed by atoms with Crippen LogP contribution in [0.4, 0.5) is 0 Å². The van der Waals surface area contributed by atoms with Gasteiger partial charge in [0.1, 0.15) is 0 Å². The average Bonchev–Trinajstić information content (AvgIpc) is 2.37. The van der Waals surface area contributed by atoms with E-state index in [1.165, 1.54) is 36.3 Å². The minimum Gasteiger partial charge on any atom is -0.313 e. The third-order valence-electron chi connectivity index (χ3n) is 2.78. The molecule has 0 heterocycles. The van der Waals surface area contributed by atoms with E-state index in [9.17, 15) is 0 Å². The first kappa shape index (κ1) is 14.6. The number of thioether (sulfide) groups is 1. The summed E-state index contributed by atoms with van der Waals surface area (Å²) in [4.78, 5) is 0. The summed E-state index contributed by atoms with van der Waals surface area (Å²) >= 11 is 2.07. The van der Waals surface area contributed by atoms with Crippen molar-refractivity contribution in [2.45, 2.75) is 39.2 Å². The van der Waals surface area contributed by atoms with E-state index in [1.807, 2.05) is 0 Å². The van der Waals surface area contributed by atoms with E-state index in [2.05, 4.69) is 61.3 Å². The Balaban J connectivity index is 2.28. The zero-order valence-corrected chi connectivity index (χ0v) is 11.9. The number of benzene rings is 1. The molecule has 0 aromatic heterocycles. The van der Waals surface area contributed by atoms with Crippen molar-refractivity contribution in [2.24, 2.45) is 0 Å². The lowest BCUT2D eigenvalue weighted by molar-refractivity contribution is 0.537. The van der Waals surface area contributed by atoms with Gasteiger partial charge in [-0.2, -0.15) is 11.8 Å². The molecule has 1 rings (SSSR count). The summed E-state index contributed by atoms with van der Waals surface area (Å²) in [6.45, 7) is 5.52. The van der Waals surface area contributed by atoms with E-state index in [-0.39, 0.29) is 0 Å². The van der Waals surface area contributed by atoms with Gasteiger partial charge >= 0.3 is 0 Å². The summed E-state index contributed by atoms with van der Waals surface area (Å²) in [7, 11) is 0. The summed E-state index contributed by atoms with van der Waals surface area (Å²) in [5.74, 6) is 2.53. The topological polar surface area (TPSA) is 12.0 Å². The van der Waals surface area contributed by atoms with Gasteiger partial charge in [-0.05, 0) is 37.1 Å². The highest BCUT2D eigenvalue weighted by Gasteiger charge is 2.07. The van der Waals surface area contributed by atoms with Crippen LogP contribution in [0.3, 0.4) is 0 Å². The Morgan fingerprint density at radius 2 is 1.94 bits per heavy atom. The van der Waals surface area contributed by atoms with E-state index in [0.29, 0.717) is 6.04 Å². The summed E-state index contributed by atoms with van der Waals surface area (Å²) in [6.07, 6.45) is 3.71. The molecule has 0 amide bonds. The highest BCUT2D eigenvalue weighted by Crippen LogP contribution is 2.10. The first-order chi connectivity index (χ1) is 8.36. The van der Waals surface area contributed by atoms with Gasteiger partial charge in [0.2, 0.25) is 0 Å². The molecule has 1 aromatic rings. The molecule has 0 aliphatic heterocycles. The van der Waals surface area contributed by atoms with Crippen LogP contribution in [-0.4, -0.2) is 24.1 Å². The third kappa shape index (κ3) is 6.75. The maximum Gasteiger partial charge on any atom is 0.0161 e. The Labute approximate surface area is 110 Å². The second-order valence-corrected chi connectivity index (χ2v) is 5.50. The summed E-state index contributed by atoms with van der Waals surface area (Å²) in [6, 6.07) is 11.5. The minimum atomic E-state index is 0.664. The summed E-state index contributed by atoms with van der Waals surface area (Å²) in [5.41, 5.74) is 1.45. The summed E-state index contributed by atoms with van der Waals surface area (Å²) < 4.78 is 0. The molecular formula is C15H25NS. The van der Waals surface area contributed by atoms with E-state index in [1.54, 1.807) is 0 Å². The maximum absolute atomic E-state index is 3.59. The molecule has 0 saturated heterocycles. The predicted octanol–water partition coefficient (Wildman–Crippen LogP) is 3.74. The van der Waals surface area contributed by atoms with Crippen molar-refractivity contribution in [3.8, 4) is 0 Å². The van der Waals surface area contributed by atoms with Gasteiger partial charge in [-0.3, -0.25) is 0 Å². The maximum atomic E-state index is 3.59. The molecule has 2 heteroatoms. The van der Waals surface area contributed by atoms with Crippen LogP contribution in [0.2, 0.25) is 0 Å². The molecule has 1 N–H and O–H groups in total. The molecule has 0 spiro atoms. The highest BCUT2D eigenvalue weighted by atomic mass is 32.2. The van der Waals surface area contributed by atoms with Crippen molar-refractivity contribution in [3.05, 3.63) is 35.9 Å². The van der Waals surface area contributed by atoms with Gasteiger partial charge in [0.25, 0.3) is 0 Å². The fourth-order valence-corrected chi connectivity index (χ4v) is 2.91. The molecule has 0 radical (unpaired) electrons. The van der Waals surface area contributed by atoms with E-state index in [0.717, 1.165) is 6.54 Å².